The van der Waals surface area contributed by atoms with Crippen LogP contribution in [0.15, 0.2) is 65.3 Å². The van der Waals surface area contributed by atoms with Gasteiger partial charge < -0.3 is 14.1 Å². The monoisotopic (exact) mass is 426 g/mol. The van der Waals surface area contributed by atoms with Gasteiger partial charge in [0.25, 0.3) is 5.91 Å². The molecule has 7 nitrogen and oxygen atoms in total. The number of hydrogen-bond donors (Lipinski definition) is 1. The van der Waals surface area contributed by atoms with Gasteiger partial charge in [0.1, 0.15) is 5.75 Å². The summed E-state index contributed by atoms with van der Waals surface area (Å²) < 4.78 is 38.3. The van der Waals surface area contributed by atoms with E-state index in [-0.39, 0.29) is 11.7 Å². The van der Waals surface area contributed by atoms with Gasteiger partial charge in [0.2, 0.25) is 10.0 Å². The Morgan fingerprint density at radius 3 is 2.77 bits per heavy atom. The van der Waals surface area contributed by atoms with Gasteiger partial charge >= 0.3 is 0 Å². The SMILES string of the molecule is COc1cccc(CS(=O)(=O)Nc2ccc3c(c2)CN(C(=O)c2ccco2)CC3)c1. The summed E-state index contributed by atoms with van der Waals surface area (Å²) >= 11 is 0. The molecule has 4 rings (SSSR count). The summed E-state index contributed by atoms with van der Waals surface area (Å²) in [7, 11) is -2.07. The number of carbonyl (C=O) groups excluding carboxylic acids is 1. The van der Waals surface area contributed by atoms with Gasteiger partial charge in [-0.25, -0.2) is 8.42 Å². The maximum atomic E-state index is 12.6. The van der Waals surface area contributed by atoms with Crippen LogP contribution in [-0.2, 0) is 28.7 Å². The summed E-state index contributed by atoms with van der Waals surface area (Å²) in [6.07, 6.45) is 2.18. The predicted octanol–water partition coefficient (Wildman–Crippen LogP) is 3.43. The number of anilines is 1. The number of benzene rings is 2. The second kappa shape index (κ2) is 8.23. The van der Waals surface area contributed by atoms with Gasteiger partial charge in [-0.05, 0) is 59.5 Å². The van der Waals surface area contributed by atoms with Crippen LogP contribution >= 0.6 is 0 Å². The highest BCUT2D eigenvalue weighted by molar-refractivity contribution is 7.91. The lowest BCUT2D eigenvalue weighted by Crippen LogP contribution is -2.35. The van der Waals surface area contributed by atoms with Crippen molar-refractivity contribution in [2.45, 2.75) is 18.7 Å². The molecular weight excluding hydrogens is 404 g/mol. The minimum atomic E-state index is -3.61. The number of ether oxygens (including phenoxy) is 1. The summed E-state index contributed by atoms with van der Waals surface area (Å²) in [6.45, 7) is 0.994. The molecule has 0 radical (unpaired) electrons. The van der Waals surface area contributed by atoms with Crippen molar-refractivity contribution in [1.29, 1.82) is 0 Å². The molecule has 1 aliphatic heterocycles. The maximum absolute atomic E-state index is 12.6. The lowest BCUT2D eigenvalue weighted by Gasteiger charge is -2.28. The van der Waals surface area contributed by atoms with E-state index in [0.29, 0.717) is 42.3 Å². The molecule has 1 aliphatic rings. The fraction of sp³-hybridized carbons (Fsp3) is 0.227. The van der Waals surface area contributed by atoms with Crippen molar-refractivity contribution in [3.63, 3.8) is 0 Å². The van der Waals surface area contributed by atoms with E-state index in [0.717, 1.165) is 11.1 Å². The number of furan rings is 1. The normalized spacial score (nSPS) is 13.6. The average Bonchev–Trinajstić information content (AvgIpc) is 3.27. The molecule has 0 bridgehead atoms. The van der Waals surface area contributed by atoms with E-state index >= 15 is 0 Å². The Morgan fingerprint density at radius 1 is 1.13 bits per heavy atom. The Kier molecular flexibility index (Phi) is 5.50. The third-order valence-corrected chi connectivity index (χ3v) is 6.26. The van der Waals surface area contributed by atoms with Crippen molar-refractivity contribution in [2.24, 2.45) is 0 Å². The van der Waals surface area contributed by atoms with Gasteiger partial charge in [-0.15, -0.1) is 0 Å². The number of sulfonamides is 1. The lowest BCUT2D eigenvalue weighted by molar-refractivity contribution is 0.0702. The van der Waals surface area contributed by atoms with Crippen molar-refractivity contribution >= 4 is 21.6 Å². The van der Waals surface area contributed by atoms with Crippen LogP contribution < -0.4 is 9.46 Å². The van der Waals surface area contributed by atoms with E-state index in [1.54, 1.807) is 60.5 Å². The van der Waals surface area contributed by atoms with Crippen LogP contribution in [0, 0.1) is 0 Å². The highest BCUT2D eigenvalue weighted by Gasteiger charge is 2.24. The number of amides is 1. The summed E-state index contributed by atoms with van der Waals surface area (Å²) in [6, 6.07) is 15.7. The van der Waals surface area contributed by atoms with Crippen LogP contribution in [0.2, 0.25) is 0 Å². The second-order valence-electron chi connectivity index (χ2n) is 7.15. The van der Waals surface area contributed by atoms with Crippen LogP contribution in [0.3, 0.4) is 0 Å². The molecule has 0 unspecified atom stereocenters. The van der Waals surface area contributed by atoms with Crippen molar-refractivity contribution in [3.05, 3.63) is 83.3 Å². The molecule has 0 aliphatic carbocycles. The minimum absolute atomic E-state index is 0.162. The Bertz CT molecular complexity index is 1160. The number of methoxy groups -OCH3 is 1. The molecule has 0 saturated carbocycles. The first-order valence-corrected chi connectivity index (χ1v) is 11.2. The van der Waals surface area contributed by atoms with Gasteiger partial charge in [-0.2, -0.15) is 0 Å². The molecule has 3 aromatic rings. The van der Waals surface area contributed by atoms with E-state index < -0.39 is 10.0 Å². The van der Waals surface area contributed by atoms with Crippen LogP contribution in [0.25, 0.3) is 0 Å². The zero-order chi connectivity index (χ0) is 21.1. The molecule has 156 valence electrons. The third-order valence-electron chi connectivity index (χ3n) is 5.00. The van der Waals surface area contributed by atoms with Gasteiger partial charge in [0.15, 0.2) is 5.76 Å². The van der Waals surface area contributed by atoms with Gasteiger partial charge in [-0.3, -0.25) is 9.52 Å². The predicted molar refractivity (Wildman–Crippen MR) is 113 cm³/mol. The summed E-state index contributed by atoms with van der Waals surface area (Å²) in [5.41, 5.74) is 3.14. The molecule has 2 heterocycles. The largest absolute Gasteiger partial charge is 0.497 e. The van der Waals surface area contributed by atoms with E-state index in [1.807, 2.05) is 6.07 Å². The Balaban J connectivity index is 1.48. The molecule has 8 heteroatoms. The van der Waals surface area contributed by atoms with Crippen molar-refractivity contribution < 1.29 is 22.4 Å². The first-order chi connectivity index (χ1) is 14.4. The van der Waals surface area contributed by atoms with Crippen molar-refractivity contribution in [3.8, 4) is 5.75 Å². The molecule has 0 fully saturated rings. The summed E-state index contributed by atoms with van der Waals surface area (Å²) in [5, 5.41) is 0. The number of fused-ring (bicyclic) bond motifs is 1. The lowest BCUT2D eigenvalue weighted by atomic mass is 9.99. The maximum Gasteiger partial charge on any atom is 0.289 e. The van der Waals surface area contributed by atoms with Crippen LogP contribution in [0.4, 0.5) is 5.69 Å². The molecule has 0 spiro atoms. The summed E-state index contributed by atoms with van der Waals surface area (Å²) in [5.74, 6) is 0.575. The standard InChI is InChI=1S/C22H22N2O5S/c1-28-20-5-2-4-16(12-20)15-30(26,27)23-19-8-7-17-9-10-24(14-18(17)13-19)22(25)21-6-3-11-29-21/h2-8,11-13,23H,9-10,14-15H2,1H3. The van der Waals surface area contributed by atoms with Crippen molar-refractivity contribution in [2.75, 3.05) is 18.4 Å². The first-order valence-electron chi connectivity index (χ1n) is 9.51. The molecule has 0 saturated heterocycles. The molecular formula is C22H22N2O5S. The molecule has 1 N–H and O–H groups in total. The van der Waals surface area contributed by atoms with Crippen LogP contribution in [-0.4, -0.2) is 32.9 Å². The zero-order valence-corrected chi connectivity index (χ0v) is 17.3. The van der Waals surface area contributed by atoms with E-state index in [1.165, 1.54) is 6.26 Å². The molecule has 2 aromatic carbocycles. The number of hydrogen-bond acceptors (Lipinski definition) is 5. The number of nitrogens with one attached hydrogen (secondary N) is 1. The zero-order valence-electron chi connectivity index (χ0n) is 16.5. The minimum Gasteiger partial charge on any atom is -0.497 e. The average molecular weight is 426 g/mol. The molecule has 1 aromatic heterocycles. The summed E-state index contributed by atoms with van der Waals surface area (Å²) in [4.78, 5) is 14.3. The Morgan fingerprint density at radius 2 is 2.00 bits per heavy atom. The van der Waals surface area contributed by atoms with E-state index in [4.69, 9.17) is 9.15 Å². The van der Waals surface area contributed by atoms with Gasteiger partial charge in [-0.1, -0.05) is 18.2 Å². The van der Waals surface area contributed by atoms with Crippen LogP contribution in [0.5, 0.6) is 5.75 Å². The first kappa shape index (κ1) is 20.0. The number of rotatable bonds is 6. The highest BCUT2D eigenvalue weighted by atomic mass is 32.2. The number of carbonyl (C=O) groups is 1. The third kappa shape index (κ3) is 4.49. The second-order valence-corrected chi connectivity index (χ2v) is 8.87. The Labute approximate surface area is 175 Å². The fourth-order valence-electron chi connectivity index (χ4n) is 3.55. The molecule has 0 atom stereocenters. The van der Waals surface area contributed by atoms with E-state index in [2.05, 4.69) is 4.72 Å². The van der Waals surface area contributed by atoms with Crippen molar-refractivity contribution in [1.82, 2.24) is 4.90 Å². The topological polar surface area (TPSA) is 88.9 Å². The molecule has 30 heavy (non-hydrogen) atoms. The Hall–Kier alpha value is -3.26. The quantitative estimate of drug-likeness (QED) is 0.652. The van der Waals surface area contributed by atoms with Crippen LogP contribution in [0.1, 0.15) is 27.2 Å². The smallest absolute Gasteiger partial charge is 0.289 e. The number of nitrogens with zero attached hydrogens (tertiary/aromatic N) is 1. The van der Waals surface area contributed by atoms with Gasteiger partial charge in [0, 0.05) is 18.8 Å². The fourth-order valence-corrected chi connectivity index (χ4v) is 4.72. The molecule has 1 amide bonds. The highest BCUT2D eigenvalue weighted by Crippen LogP contribution is 2.25. The van der Waals surface area contributed by atoms with E-state index in [9.17, 15) is 13.2 Å². The van der Waals surface area contributed by atoms with Gasteiger partial charge in [0.05, 0.1) is 19.1 Å².